The highest BCUT2D eigenvalue weighted by molar-refractivity contribution is 7.94. The number of carbonyl (C=O) groups excluding carboxylic acids is 1. The van der Waals surface area contributed by atoms with Crippen molar-refractivity contribution in [2.45, 2.75) is 18.1 Å². The number of methoxy groups -OCH3 is 1. The van der Waals surface area contributed by atoms with Gasteiger partial charge < -0.3 is 4.74 Å². The Bertz CT molecular complexity index is 781. The summed E-state index contributed by atoms with van der Waals surface area (Å²) in [7, 11) is -2.71. The molecule has 8 heteroatoms. The van der Waals surface area contributed by atoms with Crippen molar-refractivity contribution in [3.63, 3.8) is 0 Å². The van der Waals surface area contributed by atoms with Gasteiger partial charge in [-0.25, -0.2) is 18.2 Å². The van der Waals surface area contributed by atoms with E-state index in [1.54, 1.807) is 13.0 Å². The van der Waals surface area contributed by atoms with Gasteiger partial charge in [-0.15, -0.1) is 11.3 Å². The van der Waals surface area contributed by atoms with Crippen LogP contribution in [0.4, 0.5) is 5.69 Å². The monoisotopic (exact) mass is 326 g/mol. The molecule has 0 bridgehead atoms. The van der Waals surface area contributed by atoms with Gasteiger partial charge in [-0.3, -0.25) is 4.72 Å². The van der Waals surface area contributed by atoms with E-state index in [0.717, 1.165) is 22.5 Å². The lowest BCUT2D eigenvalue weighted by Crippen LogP contribution is -2.16. The highest BCUT2D eigenvalue weighted by Crippen LogP contribution is 2.25. The second-order valence-corrected chi connectivity index (χ2v) is 7.14. The van der Waals surface area contributed by atoms with Gasteiger partial charge in [0.05, 0.1) is 18.3 Å². The minimum atomic E-state index is -3.89. The van der Waals surface area contributed by atoms with Crippen molar-refractivity contribution in [1.29, 1.82) is 0 Å². The number of esters is 1. The normalized spacial score (nSPS) is 11.2. The second-order valence-electron chi connectivity index (χ2n) is 4.40. The molecule has 0 atom stereocenters. The Morgan fingerprint density at radius 2 is 2.05 bits per heavy atom. The van der Waals surface area contributed by atoms with Crippen molar-refractivity contribution >= 4 is 33.0 Å². The van der Waals surface area contributed by atoms with E-state index in [9.17, 15) is 13.2 Å². The van der Waals surface area contributed by atoms with E-state index in [1.165, 1.54) is 12.6 Å². The van der Waals surface area contributed by atoms with Crippen molar-refractivity contribution < 1.29 is 17.9 Å². The molecule has 1 aromatic heterocycles. The number of hydrogen-bond donors (Lipinski definition) is 1. The van der Waals surface area contributed by atoms with Gasteiger partial charge in [-0.05, 0) is 31.0 Å². The van der Waals surface area contributed by atoms with Crippen LogP contribution in [-0.4, -0.2) is 26.5 Å². The zero-order valence-corrected chi connectivity index (χ0v) is 13.3. The molecule has 2 rings (SSSR count). The van der Waals surface area contributed by atoms with Crippen LogP contribution in [-0.2, 0) is 14.8 Å². The van der Waals surface area contributed by atoms with Crippen LogP contribution in [0, 0.1) is 13.8 Å². The van der Waals surface area contributed by atoms with Crippen LogP contribution in [0.3, 0.4) is 0 Å². The molecule has 2 aromatic rings. The number of aromatic nitrogens is 1. The van der Waals surface area contributed by atoms with E-state index >= 15 is 0 Å². The molecule has 0 spiro atoms. The number of rotatable bonds is 4. The minimum absolute atomic E-state index is 0.157. The molecule has 0 fully saturated rings. The van der Waals surface area contributed by atoms with Crippen molar-refractivity contribution in [3.05, 3.63) is 40.5 Å². The van der Waals surface area contributed by atoms with Crippen molar-refractivity contribution in [3.8, 4) is 0 Å². The summed E-state index contributed by atoms with van der Waals surface area (Å²) < 4.78 is 31.7. The summed E-state index contributed by atoms with van der Waals surface area (Å²) in [6.45, 7) is 3.66. The Hall–Kier alpha value is -1.93. The maximum absolute atomic E-state index is 12.4. The summed E-state index contributed by atoms with van der Waals surface area (Å²) >= 11 is 0.867. The molecule has 0 saturated heterocycles. The molecule has 0 saturated carbocycles. The van der Waals surface area contributed by atoms with Crippen molar-refractivity contribution in [2.75, 3.05) is 11.8 Å². The number of aryl methyl sites for hydroxylation is 2. The number of nitrogens with zero attached hydrogens (tertiary/aromatic N) is 1. The maximum atomic E-state index is 12.4. The molecular weight excluding hydrogens is 312 g/mol. The molecule has 1 aromatic carbocycles. The summed E-state index contributed by atoms with van der Waals surface area (Å²) in [6.07, 6.45) is 0. The second kappa shape index (κ2) is 5.82. The highest BCUT2D eigenvalue weighted by Gasteiger charge is 2.27. The molecule has 0 amide bonds. The highest BCUT2D eigenvalue weighted by atomic mass is 32.2. The molecule has 6 nitrogen and oxygen atoms in total. The molecule has 0 radical (unpaired) electrons. The first-order valence-electron chi connectivity index (χ1n) is 5.97. The van der Waals surface area contributed by atoms with Gasteiger partial charge in [0.1, 0.15) is 0 Å². The average Bonchev–Trinajstić information content (AvgIpc) is 2.92. The van der Waals surface area contributed by atoms with E-state index in [1.807, 2.05) is 19.1 Å². The van der Waals surface area contributed by atoms with Gasteiger partial charge >= 0.3 is 5.97 Å². The smallest absolute Gasteiger partial charge is 0.358 e. The van der Waals surface area contributed by atoms with Crippen LogP contribution in [0.2, 0.25) is 0 Å². The number of thiazole rings is 1. The Morgan fingerprint density at radius 3 is 2.71 bits per heavy atom. The first-order chi connectivity index (χ1) is 9.85. The topological polar surface area (TPSA) is 85.4 Å². The third-order valence-corrected chi connectivity index (χ3v) is 5.53. The largest absolute Gasteiger partial charge is 0.464 e. The number of nitrogens with one attached hydrogen (secondary N) is 1. The van der Waals surface area contributed by atoms with Crippen LogP contribution in [0.5, 0.6) is 0 Å². The number of anilines is 1. The SMILES string of the molecule is COC(=O)c1ncsc1S(=O)(=O)Nc1cc(C)ccc1C. The Kier molecular flexibility index (Phi) is 4.29. The van der Waals surface area contributed by atoms with Gasteiger partial charge in [0.2, 0.25) is 0 Å². The predicted octanol–water partition coefficient (Wildman–Crippen LogP) is 2.35. The molecule has 21 heavy (non-hydrogen) atoms. The number of ether oxygens (including phenoxy) is 1. The Morgan fingerprint density at radius 1 is 1.33 bits per heavy atom. The van der Waals surface area contributed by atoms with E-state index in [2.05, 4.69) is 14.4 Å². The van der Waals surface area contributed by atoms with Crippen LogP contribution >= 0.6 is 11.3 Å². The van der Waals surface area contributed by atoms with Crippen LogP contribution in [0.1, 0.15) is 21.6 Å². The summed E-state index contributed by atoms with van der Waals surface area (Å²) in [4.78, 5) is 15.3. The number of benzene rings is 1. The Labute approximate surface area is 126 Å². The van der Waals surface area contributed by atoms with Crippen LogP contribution < -0.4 is 4.72 Å². The first kappa shape index (κ1) is 15.5. The predicted molar refractivity (Wildman–Crippen MR) is 80.2 cm³/mol. The Balaban J connectivity index is 2.42. The summed E-state index contributed by atoms with van der Waals surface area (Å²) in [5, 5.41) is 0. The van der Waals surface area contributed by atoms with Gasteiger partial charge in [-0.1, -0.05) is 12.1 Å². The number of sulfonamides is 1. The van der Waals surface area contributed by atoms with Crippen molar-refractivity contribution in [1.82, 2.24) is 4.98 Å². The minimum Gasteiger partial charge on any atom is -0.464 e. The van der Waals surface area contributed by atoms with E-state index in [0.29, 0.717) is 5.69 Å². The maximum Gasteiger partial charge on any atom is 0.358 e. The fourth-order valence-corrected chi connectivity index (χ4v) is 3.95. The quantitative estimate of drug-likeness (QED) is 0.872. The third kappa shape index (κ3) is 3.22. The number of hydrogen-bond acceptors (Lipinski definition) is 6. The van der Waals surface area contributed by atoms with E-state index in [4.69, 9.17) is 0 Å². The van der Waals surface area contributed by atoms with Crippen LogP contribution in [0.15, 0.2) is 27.9 Å². The lowest BCUT2D eigenvalue weighted by atomic mass is 10.1. The molecule has 1 heterocycles. The lowest BCUT2D eigenvalue weighted by Gasteiger charge is -2.10. The molecule has 1 N–H and O–H groups in total. The molecule has 0 unspecified atom stereocenters. The molecule has 112 valence electrons. The zero-order valence-electron chi connectivity index (χ0n) is 11.7. The molecule has 0 aliphatic carbocycles. The summed E-state index contributed by atoms with van der Waals surface area (Å²) in [6, 6.07) is 5.44. The molecule has 0 aliphatic rings. The van der Waals surface area contributed by atoms with E-state index in [-0.39, 0.29) is 9.90 Å². The van der Waals surface area contributed by atoms with E-state index < -0.39 is 16.0 Å². The van der Waals surface area contributed by atoms with Gasteiger partial charge in [0.15, 0.2) is 9.90 Å². The summed E-state index contributed by atoms with van der Waals surface area (Å²) in [5.74, 6) is -0.780. The van der Waals surface area contributed by atoms with Gasteiger partial charge in [-0.2, -0.15) is 0 Å². The summed E-state index contributed by atoms with van der Waals surface area (Å²) in [5.41, 5.74) is 3.27. The standard InChI is InChI=1S/C13H14N2O4S2/c1-8-4-5-9(2)10(6-8)15-21(17,18)13-11(12(16)19-3)14-7-20-13/h4-7,15H,1-3H3. The molecular formula is C13H14N2O4S2. The number of carbonyl (C=O) groups is 1. The van der Waals surface area contributed by atoms with Gasteiger partial charge in [0, 0.05) is 0 Å². The zero-order chi connectivity index (χ0) is 15.6. The van der Waals surface area contributed by atoms with Gasteiger partial charge in [0.25, 0.3) is 10.0 Å². The third-order valence-electron chi connectivity index (χ3n) is 2.80. The fraction of sp³-hybridized carbons (Fsp3) is 0.231. The first-order valence-corrected chi connectivity index (χ1v) is 8.33. The van der Waals surface area contributed by atoms with Crippen molar-refractivity contribution in [2.24, 2.45) is 0 Å². The lowest BCUT2D eigenvalue weighted by molar-refractivity contribution is 0.0590. The average molecular weight is 326 g/mol. The molecule has 0 aliphatic heterocycles. The fourth-order valence-electron chi connectivity index (χ4n) is 1.70. The van der Waals surface area contributed by atoms with Crippen LogP contribution in [0.25, 0.3) is 0 Å².